The van der Waals surface area contributed by atoms with Gasteiger partial charge in [-0.1, -0.05) is 48.9 Å². The molecule has 2 aromatic carbocycles. The third kappa shape index (κ3) is 4.44. The number of halogens is 1. The van der Waals surface area contributed by atoms with Crippen molar-refractivity contribution in [3.8, 4) is 11.3 Å². The van der Waals surface area contributed by atoms with Gasteiger partial charge in [0.1, 0.15) is 0 Å². The fourth-order valence-electron chi connectivity index (χ4n) is 4.03. The lowest BCUT2D eigenvalue weighted by Gasteiger charge is -2.18. The first-order chi connectivity index (χ1) is 14.9. The fourth-order valence-corrected chi connectivity index (χ4v) is 5.58. The van der Waals surface area contributed by atoms with E-state index in [2.05, 4.69) is 14.9 Å². The predicted molar refractivity (Wildman–Crippen MR) is 122 cm³/mol. The SMILES string of the molecule is CCc1ccc(-c2n[nH]c(=O)c3c2CCCC3)cc1S(=O)(=O)NCc1ccccc1Cl. The summed E-state index contributed by atoms with van der Waals surface area (Å²) in [6, 6.07) is 12.5. The van der Waals surface area contributed by atoms with Crippen LogP contribution in [0.2, 0.25) is 5.02 Å². The third-order valence-electron chi connectivity index (χ3n) is 5.72. The predicted octanol–water partition coefficient (Wildman–Crippen LogP) is 4.01. The molecule has 0 unspecified atom stereocenters. The third-order valence-corrected chi connectivity index (χ3v) is 7.57. The van der Waals surface area contributed by atoms with Crippen LogP contribution in [0.4, 0.5) is 0 Å². The molecule has 3 aromatic rings. The zero-order valence-corrected chi connectivity index (χ0v) is 18.8. The number of nitrogens with zero attached hydrogens (tertiary/aromatic N) is 1. The number of hydrogen-bond acceptors (Lipinski definition) is 4. The summed E-state index contributed by atoms with van der Waals surface area (Å²) in [6.45, 7) is 2.02. The zero-order chi connectivity index (χ0) is 22.0. The molecule has 6 nitrogen and oxygen atoms in total. The number of fused-ring (bicyclic) bond motifs is 1. The van der Waals surface area contributed by atoms with E-state index in [0.29, 0.717) is 33.8 Å². The van der Waals surface area contributed by atoms with Crippen molar-refractivity contribution in [1.82, 2.24) is 14.9 Å². The van der Waals surface area contributed by atoms with Gasteiger partial charge in [-0.2, -0.15) is 5.10 Å². The standard InChI is InChI=1S/C23H24ClN3O3S/c1-2-15-11-12-16(22-18-8-4-5-9-19(18)23(28)27-26-22)13-21(15)31(29,30)25-14-17-7-3-6-10-20(17)24/h3,6-7,10-13,25H,2,4-5,8-9,14H2,1H3,(H,27,28). The molecule has 0 saturated carbocycles. The number of rotatable bonds is 6. The quantitative estimate of drug-likeness (QED) is 0.585. The first-order valence-corrected chi connectivity index (χ1v) is 12.2. The van der Waals surface area contributed by atoms with E-state index in [-0.39, 0.29) is 17.0 Å². The minimum Gasteiger partial charge on any atom is -0.268 e. The van der Waals surface area contributed by atoms with Crippen LogP contribution in [0.15, 0.2) is 52.2 Å². The maximum atomic E-state index is 13.2. The Labute approximate surface area is 186 Å². The van der Waals surface area contributed by atoms with E-state index in [1.54, 1.807) is 24.3 Å². The molecule has 0 fully saturated rings. The maximum Gasteiger partial charge on any atom is 0.267 e. The lowest BCUT2D eigenvalue weighted by molar-refractivity contribution is 0.580. The monoisotopic (exact) mass is 457 g/mol. The van der Waals surface area contributed by atoms with E-state index in [1.807, 2.05) is 25.1 Å². The van der Waals surface area contributed by atoms with Crippen molar-refractivity contribution in [2.75, 3.05) is 0 Å². The van der Waals surface area contributed by atoms with Crippen LogP contribution in [-0.2, 0) is 35.8 Å². The summed E-state index contributed by atoms with van der Waals surface area (Å²) in [4.78, 5) is 12.4. The smallest absolute Gasteiger partial charge is 0.267 e. The Kier molecular flexibility index (Phi) is 6.27. The molecule has 31 heavy (non-hydrogen) atoms. The van der Waals surface area contributed by atoms with E-state index in [4.69, 9.17) is 11.6 Å². The molecule has 162 valence electrons. The molecule has 1 aliphatic rings. The van der Waals surface area contributed by atoms with Crippen LogP contribution >= 0.6 is 11.6 Å². The average Bonchev–Trinajstić information content (AvgIpc) is 2.79. The highest BCUT2D eigenvalue weighted by molar-refractivity contribution is 7.89. The molecule has 1 aliphatic carbocycles. The van der Waals surface area contributed by atoms with Gasteiger partial charge in [0.15, 0.2) is 0 Å². The second kappa shape index (κ2) is 8.94. The molecular formula is C23H24ClN3O3S. The molecular weight excluding hydrogens is 434 g/mol. The van der Waals surface area contributed by atoms with Crippen LogP contribution in [0.25, 0.3) is 11.3 Å². The van der Waals surface area contributed by atoms with Crippen molar-refractivity contribution in [3.63, 3.8) is 0 Å². The van der Waals surface area contributed by atoms with Crippen molar-refractivity contribution in [1.29, 1.82) is 0 Å². The van der Waals surface area contributed by atoms with Gasteiger partial charge in [0.25, 0.3) is 5.56 Å². The van der Waals surface area contributed by atoms with Gasteiger partial charge in [0.05, 0.1) is 10.6 Å². The average molecular weight is 458 g/mol. The van der Waals surface area contributed by atoms with E-state index in [0.717, 1.165) is 36.8 Å². The van der Waals surface area contributed by atoms with Gasteiger partial charge in [-0.15, -0.1) is 0 Å². The van der Waals surface area contributed by atoms with Crippen LogP contribution < -0.4 is 10.3 Å². The summed E-state index contributed by atoms with van der Waals surface area (Å²) in [5.41, 5.74) is 4.29. The second-order valence-electron chi connectivity index (χ2n) is 7.66. The molecule has 0 spiro atoms. The summed E-state index contributed by atoms with van der Waals surface area (Å²) in [6.07, 6.45) is 4.02. The Morgan fingerprint density at radius 3 is 2.55 bits per heavy atom. The van der Waals surface area contributed by atoms with Gasteiger partial charge < -0.3 is 0 Å². The first kappa shape index (κ1) is 21.7. The van der Waals surface area contributed by atoms with Crippen molar-refractivity contribution in [3.05, 3.63) is 80.1 Å². The highest BCUT2D eigenvalue weighted by Crippen LogP contribution is 2.30. The lowest BCUT2D eigenvalue weighted by atomic mass is 9.89. The summed E-state index contributed by atoms with van der Waals surface area (Å²) in [7, 11) is -3.79. The van der Waals surface area contributed by atoms with Gasteiger partial charge in [-0.25, -0.2) is 18.2 Å². The molecule has 8 heteroatoms. The van der Waals surface area contributed by atoms with Crippen molar-refractivity contribution >= 4 is 21.6 Å². The lowest BCUT2D eigenvalue weighted by Crippen LogP contribution is -2.25. The second-order valence-corrected chi connectivity index (χ2v) is 9.80. The number of nitrogens with one attached hydrogen (secondary N) is 2. The molecule has 0 saturated heterocycles. The van der Waals surface area contributed by atoms with E-state index in [9.17, 15) is 13.2 Å². The first-order valence-electron chi connectivity index (χ1n) is 10.4. The number of benzene rings is 2. The Hall–Kier alpha value is -2.48. The van der Waals surface area contributed by atoms with Crippen LogP contribution in [0.3, 0.4) is 0 Å². The number of aromatic amines is 1. The van der Waals surface area contributed by atoms with E-state index >= 15 is 0 Å². The normalized spacial score (nSPS) is 13.7. The molecule has 2 N–H and O–H groups in total. The van der Waals surface area contributed by atoms with Gasteiger partial charge >= 0.3 is 0 Å². The maximum absolute atomic E-state index is 13.2. The fraction of sp³-hybridized carbons (Fsp3) is 0.304. The summed E-state index contributed by atoms with van der Waals surface area (Å²) in [5, 5.41) is 7.37. The number of sulfonamides is 1. The van der Waals surface area contributed by atoms with Crippen LogP contribution in [-0.4, -0.2) is 18.6 Å². The highest BCUT2D eigenvalue weighted by atomic mass is 35.5. The Morgan fingerprint density at radius 1 is 1.06 bits per heavy atom. The Balaban J connectivity index is 1.73. The van der Waals surface area contributed by atoms with Crippen molar-refractivity contribution in [2.45, 2.75) is 50.5 Å². The molecule has 0 amide bonds. The van der Waals surface area contributed by atoms with Crippen LogP contribution in [0.1, 0.15) is 42.0 Å². The molecule has 0 atom stereocenters. The largest absolute Gasteiger partial charge is 0.268 e. The van der Waals surface area contributed by atoms with Gasteiger partial charge in [-0.05, 0) is 60.9 Å². The zero-order valence-electron chi connectivity index (χ0n) is 17.2. The Morgan fingerprint density at radius 2 is 1.81 bits per heavy atom. The number of aryl methyl sites for hydroxylation is 1. The van der Waals surface area contributed by atoms with E-state index < -0.39 is 10.0 Å². The molecule has 0 radical (unpaired) electrons. The summed E-state index contributed by atoms with van der Waals surface area (Å²) >= 11 is 6.17. The number of hydrogen-bond donors (Lipinski definition) is 2. The minimum atomic E-state index is -3.79. The van der Waals surface area contributed by atoms with Gasteiger partial charge in [0, 0.05) is 22.7 Å². The summed E-state index contributed by atoms with van der Waals surface area (Å²) < 4.78 is 29.0. The van der Waals surface area contributed by atoms with Gasteiger partial charge in [-0.3, -0.25) is 4.79 Å². The topological polar surface area (TPSA) is 91.9 Å². The molecule has 1 heterocycles. The minimum absolute atomic E-state index is 0.0989. The molecule has 0 bridgehead atoms. The number of aromatic nitrogens is 2. The Bertz CT molecular complexity index is 1290. The van der Waals surface area contributed by atoms with Crippen molar-refractivity contribution < 1.29 is 8.42 Å². The van der Waals surface area contributed by atoms with Gasteiger partial charge in [0.2, 0.25) is 10.0 Å². The summed E-state index contributed by atoms with van der Waals surface area (Å²) in [5.74, 6) is 0. The van der Waals surface area contributed by atoms with Crippen molar-refractivity contribution in [2.24, 2.45) is 0 Å². The number of H-pyrrole nitrogens is 1. The molecule has 0 aliphatic heterocycles. The molecule has 1 aromatic heterocycles. The van der Waals surface area contributed by atoms with Crippen LogP contribution in [0, 0.1) is 0 Å². The highest BCUT2D eigenvalue weighted by Gasteiger charge is 2.23. The van der Waals surface area contributed by atoms with Crippen LogP contribution in [0.5, 0.6) is 0 Å². The van der Waals surface area contributed by atoms with E-state index in [1.165, 1.54) is 0 Å². The molecule has 4 rings (SSSR count).